The quantitative estimate of drug-likeness (QED) is 0.745. The topological polar surface area (TPSA) is 63.6 Å². The summed E-state index contributed by atoms with van der Waals surface area (Å²) in [7, 11) is -3.18. The zero-order chi connectivity index (χ0) is 12.7. The van der Waals surface area contributed by atoms with E-state index in [0.29, 0.717) is 12.2 Å². The van der Waals surface area contributed by atoms with Gasteiger partial charge in [-0.05, 0) is 30.7 Å². The first-order chi connectivity index (χ1) is 8.03. The van der Waals surface area contributed by atoms with Crippen molar-refractivity contribution in [3.05, 3.63) is 30.1 Å². The Labute approximate surface area is 100.0 Å². The summed E-state index contributed by atoms with van der Waals surface area (Å²) in [4.78, 5) is 0. The van der Waals surface area contributed by atoms with Gasteiger partial charge >= 0.3 is 0 Å². The molecule has 1 N–H and O–H groups in total. The number of rotatable bonds is 7. The third-order valence-electron chi connectivity index (χ3n) is 2.08. The summed E-state index contributed by atoms with van der Waals surface area (Å²) in [6.45, 7) is -0.114. The van der Waals surface area contributed by atoms with Crippen LogP contribution in [-0.4, -0.2) is 38.2 Å². The lowest BCUT2D eigenvalue weighted by molar-refractivity contribution is 0.313. The molecule has 0 aliphatic carbocycles. The fraction of sp³-hybridized carbons (Fsp3) is 0.455. The first-order valence-corrected chi connectivity index (χ1v) is 7.05. The first-order valence-electron chi connectivity index (χ1n) is 5.23. The van der Waals surface area contributed by atoms with Crippen LogP contribution < -0.4 is 4.74 Å². The van der Waals surface area contributed by atoms with Crippen LogP contribution in [0.2, 0.25) is 0 Å². The van der Waals surface area contributed by atoms with Crippen molar-refractivity contribution in [3.63, 3.8) is 0 Å². The minimum Gasteiger partial charge on any atom is -0.494 e. The number of halogens is 1. The fourth-order valence-corrected chi connectivity index (χ4v) is 2.28. The average molecular weight is 262 g/mol. The Kier molecular flexibility index (Phi) is 5.37. The molecule has 0 unspecified atom stereocenters. The molecule has 0 aliphatic rings. The van der Waals surface area contributed by atoms with Crippen LogP contribution in [0.15, 0.2) is 24.3 Å². The Hall–Kier alpha value is -1.14. The van der Waals surface area contributed by atoms with Gasteiger partial charge < -0.3 is 9.84 Å². The third-order valence-corrected chi connectivity index (χ3v) is 3.80. The normalized spacial score (nSPS) is 11.4. The molecule has 0 spiro atoms. The molecule has 17 heavy (non-hydrogen) atoms. The number of sulfone groups is 1. The lowest BCUT2D eigenvalue weighted by atomic mass is 10.3. The molecule has 4 nitrogen and oxygen atoms in total. The predicted octanol–water partition coefficient (Wildman–Crippen LogP) is 1.00. The molecule has 0 bridgehead atoms. The molecule has 1 aromatic carbocycles. The van der Waals surface area contributed by atoms with E-state index in [9.17, 15) is 12.8 Å². The number of benzene rings is 1. The second-order valence-electron chi connectivity index (χ2n) is 3.53. The van der Waals surface area contributed by atoms with E-state index < -0.39 is 9.84 Å². The Balaban J connectivity index is 2.27. The van der Waals surface area contributed by atoms with E-state index in [0.717, 1.165) is 0 Å². The molecule has 0 aliphatic heterocycles. The zero-order valence-electron chi connectivity index (χ0n) is 9.30. The highest BCUT2D eigenvalue weighted by Gasteiger charge is 2.09. The van der Waals surface area contributed by atoms with E-state index in [-0.39, 0.29) is 30.5 Å². The van der Waals surface area contributed by atoms with Crippen molar-refractivity contribution in [1.82, 2.24) is 0 Å². The van der Waals surface area contributed by atoms with E-state index >= 15 is 0 Å². The van der Waals surface area contributed by atoms with E-state index in [4.69, 9.17) is 9.84 Å². The van der Waals surface area contributed by atoms with Crippen LogP contribution >= 0.6 is 0 Å². The molecule has 0 saturated heterocycles. The van der Waals surface area contributed by atoms with Crippen LogP contribution in [-0.2, 0) is 9.84 Å². The molecule has 6 heteroatoms. The number of hydrogen-bond acceptors (Lipinski definition) is 4. The Morgan fingerprint density at radius 3 is 2.41 bits per heavy atom. The van der Waals surface area contributed by atoms with Gasteiger partial charge in [0, 0.05) is 0 Å². The van der Waals surface area contributed by atoms with E-state index in [2.05, 4.69) is 0 Å². The van der Waals surface area contributed by atoms with Gasteiger partial charge in [0.05, 0.1) is 24.7 Å². The van der Waals surface area contributed by atoms with Gasteiger partial charge in [-0.1, -0.05) is 0 Å². The van der Waals surface area contributed by atoms with E-state index in [1.54, 1.807) is 0 Å². The van der Waals surface area contributed by atoms with Crippen molar-refractivity contribution in [3.8, 4) is 5.75 Å². The van der Waals surface area contributed by atoms with Crippen LogP contribution in [0.4, 0.5) is 4.39 Å². The molecule has 0 amide bonds. The number of ether oxygens (including phenoxy) is 1. The lowest BCUT2D eigenvalue weighted by Gasteiger charge is -2.06. The highest BCUT2D eigenvalue weighted by molar-refractivity contribution is 7.91. The zero-order valence-corrected chi connectivity index (χ0v) is 10.1. The summed E-state index contributed by atoms with van der Waals surface area (Å²) in [6, 6.07) is 5.52. The molecule has 0 heterocycles. The summed E-state index contributed by atoms with van der Waals surface area (Å²) >= 11 is 0. The van der Waals surface area contributed by atoms with Crippen LogP contribution in [0.5, 0.6) is 5.75 Å². The molecule has 1 rings (SSSR count). The summed E-state index contributed by atoms with van der Waals surface area (Å²) in [6.07, 6.45) is 0.347. The minimum atomic E-state index is -3.18. The third kappa shape index (κ3) is 5.65. The van der Waals surface area contributed by atoms with Crippen molar-refractivity contribution >= 4 is 9.84 Å². The maximum atomic E-state index is 12.6. The molecule has 1 aromatic rings. The standard InChI is InChI=1S/C11H15FO4S/c12-10-2-4-11(5-3-10)16-7-1-8-17(14,15)9-6-13/h2-5,13H,1,6-9H2. The first kappa shape index (κ1) is 13.9. The minimum absolute atomic E-state index is 0.0191. The van der Waals surface area contributed by atoms with Gasteiger partial charge in [-0.3, -0.25) is 0 Å². The molecular formula is C11H15FO4S. The maximum absolute atomic E-state index is 12.6. The molecular weight excluding hydrogens is 247 g/mol. The molecule has 0 saturated carbocycles. The van der Waals surface area contributed by atoms with Gasteiger partial charge in [-0.25, -0.2) is 12.8 Å². The van der Waals surface area contributed by atoms with E-state index in [1.807, 2.05) is 0 Å². The van der Waals surface area contributed by atoms with Crippen LogP contribution in [0.3, 0.4) is 0 Å². The number of aliphatic hydroxyl groups is 1. The number of hydrogen-bond donors (Lipinski definition) is 1. The fourth-order valence-electron chi connectivity index (χ4n) is 1.24. The Morgan fingerprint density at radius 1 is 1.18 bits per heavy atom. The molecule has 0 radical (unpaired) electrons. The molecule has 0 fully saturated rings. The summed E-state index contributed by atoms with van der Waals surface area (Å²) < 4.78 is 40.2. The van der Waals surface area contributed by atoms with Gasteiger partial charge in [-0.15, -0.1) is 0 Å². The SMILES string of the molecule is O=S(=O)(CCO)CCCOc1ccc(F)cc1. The van der Waals surface area contributed by atoms with Crippen molar-refractivity contribution in [2.45, 2.75) is 6.42 Å². The molecule has 96 valence electrons. The average Bonchev–Trinajstić information content (AvgIpc) is 2.27. The summed E-state index contributed by atoms with van der Waals surface area (Å²) in [5.74, 6) is -0.0768. The summed E-state index contributed by atoms with van der Waals surface area (Å²) in [5, 5.41) is 8.52. The second-order valence-corrected chi connectivity index (χ2v) is 5.83. The molecule has 0 atom stereocenters. The second kappa shape index (κ2) is 6.56. The molecule has 0 aromatic heterocycles. The maximum Gasteiger partial charge on any atom is 0.152 e. The van der Waals surface area contributed by atoms with Gasteiger partial charge in [0.2, 0.25) is 0 Å². The Morgan fingerprint density at radius 2 is 1.82 bits per heavy atom. The lowest BCUT2D eigenvalue weighted by Crippen LogP contribution is -2.15. The van der Waals surface area contributed by atoms with Crippen molar-refractivity contribution < 1.29 is 22.7 Å². The van der Waals surface area contributed by atoms with E-state index in [1.165, 1.54) is 24.3 Å². The summed E-state index contributed by atoms with van der Waals surface area (Å²) in [5.41, 5.74) is 0. The van der Waals surface area contributed by atoms with Crippen LogP contribution in [0.1, 0.15) is 6.42 Å². The largest absolute Gasteiger partial charge is 0.494 e. The van der Waals surface area contributed by atoms with Crippen molar-refractivity contribution in [2.24, 2.45) is 0 Å². The van der Waals surface area contributed by atoms with Gasteiger partial charge in [0.25, 0.3) is 0 Å². The van der Waals surface area contributed by atoms with Gasteiger partial charge in [0.15, 0.2) is 9.84 Å². The smallest absolute Gasteiger partial charge is 0.152 e. The van der Waals surface area contributed by atoms with Crippen molar-refractivity contribution in [2.75, 3.05) is 24.7 Å². The highest BCUT2D eigenvalue weighted by Crippen LogP contribution is 2.11. The van der Waals surface area contributed by atoms with Gasteiger partial charge in [-0.2, -0.15) is 0 Å². The van der Waals surface area contributed by atoms with Crippen molar-refractivity contribution in [1.29, 1.82) is 0 Å². The van der Waals surface area contributed by atoms with Crippen LogP contribution in [0, 0.1) is 5.82 Å². The van der Waals surface area contributed by atoms with Crippen LogP contribution in [0.25, 0.3) is 0 Å². The highest BCUT2D eigenvalue weighted by atomic mass is 32.2. The number of aliphatic hydroxyl groups excluding tert-OH is 1. The monoisotopic (exact) mass is 262 g/mol. The predicted molar refractivity (Wildman–Crippen MR) is 62.3 cm³/mol. The Bertz CT molecular complexity index is 427. The van der Waals surface area contributed by atoms with Gasteiger partial charge in [0.1, 0.15) is 11.6 Å².